The number of rotatable bonds is 6. The van der Waals surface area contributed by atoms with E-state index in [0.717, 1.165) is 39.5 Å². The van der Waals surface area contributed by atoms with Gasteiger partial charge in [0.1, 0.15) is 35.2 Å². The smallest absolute Gasteiger partial charge is 0.201 e. The molecule has 85 heavy (non-hydrogen) atoms. The number of hydrogen-bond donors (Lipinski definition) is 0. The number of nitrogens with zero attached hydrogens (tertiary/aromatic N) is 5. The Kier molecular flexibility index (Phi) is 18.3. The average Bonchev–Trinajstić information content (AvgIpc) is 0.791. The van der Waals surface area contributed by atoms with Crippen LogP contribution < -0.4 is 22.8 Å². The summed E-state index contributed by atoms with van der Waals surface area (Å²) in [5.74, 6) is -1.63. The van der Waals surface area contributed by atoms with Crippen molar-refractivity contribution < 1.29 is 32.4 Å². The van der Waals surface area contributed by atoms with Crippen LogP contribution in [0.2, 0.25) is 0 Å². The predicted octanol–water partition coefficient (Wildman–Crippen LogP) is 16.5. The van der Waals surface area contributed by atoms with Gasteiger partial charge in [0.15, 0.2) is 29.5 Å². The molecule has 0 spiro atoms. The molecule has 0 saturated heterocycles. The van der Waals surface area contributed by atoms with Crippen LogP contribution in [0.3, 0.4) is 0 Å². The molecule has 1 unspecified atom stereocenters. The fourth-order valence-corrected chi connectivity index (χ4v) is 12.0. The minimum Gasteiger partial charge on any atom is -0.201 e. The summed E-state index contributed by atoms with van der Waals surface area (Å²) < 4.78 is 64.5. The maximum atomic E-state index is 8.30. The van der Waals surface area contributed by atoms with Crippen molar-refractivity contribution >= 4 is 0 Å². The standard InChI is InChI=1S/2C17H20N.C17H22N.C15H18N.C14H16N/c1-13-7-3-6-10-16(13)17-11-14-8-4-5-9-15(14)12-18(17)2;1-13-7-3-5-9-15(13)17-16-10-6-4-8-14(16)11-12-18(17)2;1-12(2)15-10-11-17(18(5)14(15)4)16-9-7-6-8-13(16)3;1-11-9-10-15(16(4)13(11)3)14-8-6-5-7-12(14)2;1-11-7-4-5-9-13(11)14-10-6-8-12(2)15(14)3/h3,6-7,10-12H,4-5,8-9H2,1-2H3;3,5,7,9,11-12H,4,6,8,10H2,1-2H3;6-12H,1-5H3;5-10H,1-4H3;4-10H,1-3H3/q5*+1/i;;1D3,12D;1D3;. The van der Waals surface area contributed by atoms with E-state index in [1.165, 1.54) is 120 Å². The Balaban J connectivity index is 0.000000149. The second-order valence-electron chi connectivity index (χ2n) is 23.4. The monoisotopic (exact) mass is 1130 g/mol. The quantitative estimate of drug-likeness (QED) is 0.148. The number of aryl methyl sites for hydroxylation is 12. The van der Waals surface area contributed by atoms with Gasteiger partial charge in [0.25, 0.3) is 0 Å². The second kappa shape index (κ2) is 29.1. The number of pyridine rings is 5. The van der Waals surface area contributed by atoms with E-state index < -0.39 is 19.6 Å². The third-order valence-corrected chi connectivity index (χ3v) is 17.5. The van der Waals surface area contributed by atoms with Gasteiger partial charge in [-0.2, -0.15) is 13.7 Å². The molecule has 2 aliphatic rings. The van der Waals surface area contributed by atoms with E-state index >= 15 is 0 Å². The van der Waals surface area contributed by atoms with E-state index in [1.54, 1.807) is 34.4 Å². The van der Waals surface area contributed by atoms with Crippen molar-refractivity contribution in [2.24, 2.45) is 35.2 Å². The number of fused-ring (bicyclic) bond motifs is 2. The lowest BCUT2D eigenvalue weighted by Gasteiger charge is -2.17. The van der Waals surface area contributed by atoms with Crippen LogP contribution in [0, 0.1) is 62.2 Å². The molecule has 0 fully saturated rings. The topological polar surface area (TPSA) is 19.4 Å². The van der Waals surface area contributed by atoms with Gasteiger partial charge in [0.05, 0.1) is 0 Å². The molecule has 5 aromatic heterocycles. The number of hydrogen-bond acceptors (Lipinski definition) is 0. The molecular weight excluding hydrogens is 1030 g/mol. The SMILES string of the molecule is Cc1ccccc1-c1c2c(cc[n+]1C)CCCC2.Cc1ccccc1-c1cc2c(c[n+]1C)CCCC2.Cc1ccccc1-c1cccc(C)[n+]1C.[2H]C([2H])([2H])C([2H])(C)c1ccc(-c2ccccc2C)[n+](C)c1C.[2H]C([2H])([2H])c1ccc(-c2ccccc2C)[n+](C)c1C. The van der Waals surface area contributed by atoms with Crippen LogP contribution in [0.1, 0.15) is 133 Å². The summed E-state index contributed by atoms with van der Waals surface area (Å²) in [6.45, 7) is 13.5. The van der Waals surface area contributed by atoms with E-state index in [9.17, 15) is 0 Å². The summed E-state index contributed by atoms with van der Waals surface area (Å²) in [5, 5.41) is 0. The molecule has 0 amide bonds. The summed E-state index contributed by atoms with van der Waals surface area (Å²) in [6, 6.07) is 60.4. The number of benzene rings is 5. The highest BCUT2D eigenvalue weighted by Crippen LogP contribution is 2.31. The van der Waals surface area contributed by atoms with Crippen molar-refractivity contribution in [2.45, 2.75) is 133 Å². The van der Waals surface area contributed by atoms with E-state index in [1.807, 2.05) is 79.5 Å². The average molecular weight is 1130 g/mol. The fraction of sp³-hybridized carbons (Fsp3) is 0.312. The van der Waals surface area contributed by atoms with Crippen molar-refractivity contribution in [3.05, 3.63) is 267 Å². The van der Waals surface area contributed by atoms with Crippen LogP contribution in [-0.4, -0.2) is 0 Å². The molecule has 0 N–H and O–H groups in total. The minimum atomic E-state index is -2.37. The highest BCUT2D eigenvalue weighted by Gasteiger charge is 2.24. The molecule has 5 heterocycles. The molecule has 1 atom stereocenters. The maximum Gasteiger partial charge on any atom is 0.216 e. The van der Waals surface area contributed by atoms with Gasteiger partial charge in [-0.05, 0) is 186 Å². The van der Waals surface area contributed by atoms with E-state index in [0.29, 0.717) is 11.1 Å². The zero-order valence-corrected chi connectivity index (χ0v) is 53.3. The maximum absolute atomic E-state index is 8.30. The van der Waals surface area contributed by atoms with Gasteiger partial charge >= 0.3 is 0 Å². The fourth-order valence-electron chi connectivity index (χ4n) is 12.0. The van der Waals surface area contributed by atoms with E-state index in [-0.39, 0.29) is 0 Å². The summed E-state index contributed by atoms with van der Waals surface area (Å²) >= 11 is 0. The van der Waals surface area contributed by atoms with Crippen molar-refractivity contribution in [3.63, 3.8) is 0 Å². The molecule has 0 aliphatic heterocycles. The van der Waals surface area contributed by atoms with Gasteiger partial charge in [-0.25, -0.2) is 9.13 Å². The van der Waals surface area contributed by atoms with Gasteiger partial charge < -0.3 is 0 Å². The Morgan fingerprint density at radius 1 is 0.388 bits per heavy atom. The van der Waals surface area contributed by atoms with E-state index in [2.05, 4.69) is 210 Å². The lowest BCUT2D eigenvalue weighted by atomic mass is 9.88. The number of aromatic nitrogens is 5. The van der Waals surface area contributed by atoms with Crippen LogP contribution in [0.4, 0.5) is 0 Å². The molecule has 12 rings (SSSR count). The van der Waals surface area contributed by atoms with Crippen LogP contribution in [0.5, 0.6) is 0 Å². The molecule has 2 aliphatic carbocycles. The van der Waals surface area contributed by atoms with Gasteiger partial charge in [0.2, 0.25) is 28.5 Å². The minimum absolute atomic E-state index is 0.410. The van der Waals surface area contributed by atoms with Gasteiger partial charge in [-0.1, -0.05) is 105 Å². The van der Waals surface area contributed by atoms with Crippen LogP contribution in [0.15, 0.2) is 188 Å². The summed E-state index contributed by atoms with van der Waals surface area (Å²) in [5.41, 5.74) is 28.8. The van der Waals surface area contributed by atoms with E-state index in [4.69, 9.17) is 9.60 Å². The lowest BCUT2D eigenvalue weighted by Crippen LogP contribution is -2.36. The van der Waals surface area contributed by atoms with Crippen molar-refractivity contribution in [1.29, 1.82) is 0 Å². The first-order chi connectivity index (χ1) is 43.6. The normalized spacial score (nSPS) is 14.4. The third-order valence-electron chi connectivity index (χ3n) is 17.5. The Morgan fingerprint density at radius 3 is 1.35 bits per heavy atom. The zero-order valence-electron chi connectivity index (χ0n) is 60.3. The Hall–Kier alpha value is -8.15. The first-order valence-electron chi connectivity index (χ1n) is 33.9. The first kappa shape index (κ1) is 53.6. The predicted molar refractivity (Wildman–Crippen MR) is 355 cm³/mol. The largest absolute Gasteiger partial charge is 0.216 e. The summed E-state index contributed by atoms with van der Waals surface area (Å²) in [7, 11) is 10.3. The highest BCUT2D eigenvalue weighted by molar-refractivity contribution is 5.67. The van der Waals surface area contributed by atoms with Crippen molar-refractivity contribution in [2.75, 3.05) is 0 Å². The van der Waals surface area contributed by atoms with Crippen LogP contribution >= 0.6 is 0 Å². The Bertz CT molecular complexity index is 4230. The lowest BCUT2D eigenvalue weighted by molar-refractivity contribution is -0.667. The zero-order chi connectivity index (χ0) is 66.8. The molecule has 0 saturated carbocycles. The first-order valence-corrected chi connectivity index (χ1v) is 30.4. The molecular formula is C80H96N5+5. The molecule has 0 bridgehead atoms. The summed E-state index contributed by atoms with van der Waals surface area (Å²) in [6.07, 6.45) is 14.9. The van der Waals surface area contributed by atoms with Gasteiger partial charge in [-0.15, -0.1) is 0 Å². The molecule has 0 radical (unpaired) electrons. The molecule has 5 nitrogen and oxygen atoms in total. The molecule has 10 aromatic rings. The van der Waals surface area contributed by atoms with Crippen LogP contribution in [0.25, 0.3) is 56.3 Å². The Labute approximate surface area is 521 Å². The highest BCUT2D eigenvalue weighted by atomic mass is 15.0. The van der Waals surface area contributed by atoms with Crippen LogP contribution in [-0.2, 0) is 60.9 Å². The Morgan fingerprint density at radius 2 is 0.835 bits per heavy atom. The molecule has 5 aromatic carbocycles. The second-order valence-corrected chi connectivity index (χ2v) is 23.4. The van der Waals surface area contributed by atoms with Crippen molar-refractivity contribution in [1.82, 2.24) is 0 Å². The molecule has 436 valence electrons. The van der Waals surface area contributed by atoms with Gasteiger partial charge in [-0.3, -0.25) is 0 Å². The summed E-state index contributed by atoms with van der Waals surface area (Å²) in [4.78, 5) is 0. The van der Waals surface area contributed by atoms with Crippen molar-refractivity contribution in [3.8, 4) is 56.3 Å². The molecule has 5 heteroatoms. The van der Waals surface area contributed by atoms with Gasteiger partial charge in [0, 0.05) is 117 Å². The third kappa shape index (κ3) is 15.0.